The van der Waals surface area contributed by atoms with E-state index in [9.17, 15) is 9.59 Å². The van der Waals surface area contributed by atoms with E-state index in [0.29, 0.717) is 31.1 Å². The van der Waals surface area contributed by atoms with Crippen molar-refractivity contribution in [3.05, 3.63) is 71.8 Å². The minimum absolute atomic E-state index is 0.199. The number of fused-ring (bicyclic) bond motifs is 1. The number of nitrogens with one attached hydrogen (secondary N) is 1. The zero-order valence-electron chi connectivity index (χ0n) is 16.6. The third-order valence-electron chi connectivity index (χ3n) is 4.51. The average molecular weight is 378 g/mol. The number of hydrogen-bond acceptors (Lipinski definition) is 3. The van der Waals surface area contributed by atoms with E-state index in [1.165, 1.54) is 0 Å². The molecule has 6 nitrogen and oxygen atoms in total. The number of rotatable bonds is 7. The molecule has 3 rings (SSSR count). The van der Waals surface area contributed by atoms with E-state index in [1.807, 2.05) is 69.3 Å². The number of pyridine rings is 1. The largest absolute Gasteiger partial charge is 0.350 e. The highest BCUT2D eigenvalue weighted by Crippen LogP contribution is 2.16. The van der Waals surface area contributed by atoms with Crippen LogP contribution in [0, 0.1) is 5.92 Å². The monoisotopic (exact) mass is 378 g/mol. The molecule has 0 saturated heterocycles. The second kappa shape index (κ2) is 8.69. The van der Waals surface area contributed by atoms with Gasteiger partial charge < -0.3 is 10.2 Å². The Morgan fingerprint density at radius 2 is 1.82 bits per heavy atom. The molecule has 0 aliphatic heterocycles. The molecule has 0 spiro atoms. The summed E-state index contributed by atoms with van der Waals surface area (Å²) in [5.41, 5.74) is 1.96. The van der Waals surface area contributed by atoms with Gasteiger partial charge in [-0.3, -0.25) is 14.0 Å². The standard InChI is InChI=1S/C22H26N4O2/c1-4-25(15-17-10-6-5-7-11-17)22(28)20-24-19(21(27)23-14-16(2)3)18-12-8-9-13-26(18)20/h5-13,16H,4,14-15H2,1-3H3,(H,23,27). The van der Waals surface area contributed by atoms with Crippen molar-refractivity contribution in [1.82, 2.24) is 19.6 Å². The Labute approximate surface area is 165 Å². The highest BCUT2D eigenvalue weighted by molar-refractivity contribution is 6.02. The molecule has 1 N–H and O–H groups in total. The van der Waals surface area contributed by atoms with Gasteiger partial charge in [-0.15, -0.1) is 0 Å². The number of imidazole rings is 1. The number of carbonyl (C=O) groups is 2. The van der Waals surface area contributed by atoms with Crippen molar-refractivity contribution in [3.8, 4) is 0 Å². The normalized spacial score (nSPS) is 11.0. The Bertz CT molecular complexity index is 963. The van der Waals surface area contributed by atoms with Crippen molar-refractivity contribution in [2.75, 3.05) is 13.1 Å². The zero-order chi connectivity index (χ0) is 20.1. The van der Waals surface area contributed by atoms with E-state index in [2.05, 4.69) is 10.3 Å². The third-order valence-corrected chi connectivity index (χ3v) is 4.51. The maximum atomic E-state index is 13.2. The first-order valence-electron chi connectivity index (χ1n) is 9.59. The van der Waals surface area contributed by atoms with E-state index < -0.39 is 0 Å². The van der Waals surface area contributed by atoms with Gasteiger partial charge in [-0.1, -0.05) is 50.2 Å². The predicted octanol–water partition coefficient (Wildman–Crippen LogP) is 3.38. The Morgan fingerprint density at radius 1 is 1.11 bits per heavy atom. The molecule has 28 heavy (non-hydrogen) atoms. The van der Waals surface area contributed by atoms with Crippen LogP contribution in [0.25, 0.3) is 5.52 Å². The lowest BCUT2D eigenvalue weighted by atomic mass is 10.2. The van der Waals surface area contributed by atoms with Crippen molar-refractivity contribution in [1.29, 1.82) is 0 Å². The molecule has 3 aromatic rings. The number of carbonyl (C=O) groups excluding carboxylic acids is 2. The van der Waals surface area contributed by atoms with Crippen molar-refractivity contribution < 1.29 is 9.59 Å². The minimum Gasteiger partial charge on any atom is -0.350 e. The average Bonchev–Trinajstić information content (AvgIpc) is 3.10. The van der Waals surface area contributed by atoms with Gasteiger partial charge in [0.2, 0.25) is 5.82 Å². The van der Waals surface area contributed by atoms with Gasteiger partial charge in [-0.05, 0) is 30.5 Å². The van der Waals surface area contributed by atoms with Crippen LogP contribution in [0.1, 0.15) is 47.4 Å². The molecule has 146 valence electrons. The molecule has 2 amide bonds. The van der Waals surface area contributed by atoms with Crippen LogP contribution >= 0.6 is 0 Å². The molecule has 2 aromatic heterocycles. The fraction of sp³-hybridized carbons (Fsp3) is 0.318. The van der Waals surface area contributed by atoms with E-state index in [0.717, 1.165) is 5.56 Å². The van der Waals surface area contributed by atoms with Gasteiger partial charge in [-0.2, -0.15) is 0 Å². The van der Waals surface area contributed by atoms with Crippen molar-refractivity contribution in [2.45, 2.75) is 27.3 Å². The van der Waals surface area contributed by atoms with Gasteiger partial charge >= 0.3 is 0 Å². The van der Waals surface area contributed by atoms with Gasteiger partial charge in [-0.25, -0.2) is 4.98 Å². The fourth-order valence-electron chi connectivity index (χ4n) is 3.01. The summed E-state index contributed by atoms with van der Waals surface area (Å²) in [7, 11) is 0. The Morgan fingerprint density at radius 3 is 2.50 bits per heavy atom. The van der Waals surface area contributed by atoms with Gasteiger partial charge in [0.05, 0.1) is 5.52 Å². The van der Waals surface area contributed by atoms with Crippen molar-refractivity contribution in [3.63, 3.8) is 0 Å². The quantitative estimate of drug-likeness (QED) is 0.685. The van der Waals surface area contributed by atoms with Gasteiger partial charge in [0.15, 0.2) is 5.69 Å². The lowest BCUT2D eigenvalue weighted by molar-refractivity contribution is 0.0739. The van der Waals surface area contributed by atoms with E-state index in [1.54, 1.807) is 15.5 Å². The first-order valence-corrected chi connectivity index (χ1v) is 9.59. The summed E-state index contributed by atoms with van der Waals surface area (Å²) in [5, 5.41) is 2.89. The van der Waals surface area contributed by atoms with Gasteiger partial charge in [0.1, 0.15) is 0 Å². The van der Waals surface area contributed by atoms with Crippen LogP contribution < -0.4 is 5.32 Å². The Hall–Kier alpha value is -3.15. The third kappa shape index (κ3) is 4.22. The zero-order valence-corrected chi connectivity index (χ0v) is 16.6. The first-order chi connectivity index (χ1) is 13.5. The molecular formula is C22H26N4O2. The lowest BCUT2D eigenvalue weighted by Gasteiger charge is -2.20. The van der Waals surface area contributed by atoms with Crippen LogP contribution in [0.15, 0.2) is 54.7 Å². The Kier molecular flexibility index (Phi) is 6.09. The second-order valence-corrected chi connectivity index (χ2v) is 7.15. The summed E-state index contributed by atoms with van der Waals surface area (Å²) in [5.74, 6) is 0.126. The molecule has 1 aromatic carbocycles. The molecule has 0 atom stereocenters. The molecule has 0 aliphatic rings. The van der Waals surface area contributed by atoms with Crippen LogP contribution in [0.2, 0.25) is 0 Å². The van der Waals surface area contributed by atoms with Crippen LogP contribution in [-0.4, -0.2) is 39.2 Å². The summed E-state index contributed by atoms with van der Waals surface area (Å²) in [6.07, 6.45) is 1.77. The van der Waals surface area contributed by atoms with Gasteiger partial charge in [0, 0.05) is 25.8 Å². The minimum atomic E-state index is -0.262. The van der Waals surface area contributed by atoms with E-state index in [4.69, 9.17) is 0 Å². The van der Waals surface area contributed by atoms with Crippen molar-refractivity contribution >= 4 is 17.3 Å². The second-order valence-electron chi connectivity index (χ2n) is 7.15. The fourth-order valence-corrected chi connectivity index (χ4v) is 3.01. The summed E-state index contributed by atoms with van der Waals surface area (Å²) in [4.78, 5) is 32.0. The molecular weight excluding hydrogens is 352 g/mol. The predicted molar refractivity (Wildman–Crippen MR) is 109 cm³/mol. The summed E-state index contributed by atoms with van der Waals surface area (Å²) < 4.78 is 1.69. The highest BCUT2D eigenvalue weighted by atomic mass is 16.2. The van der Waals surface area contributed by atoms with Gasteiger partial charge in [0.25, 0.3) is 11.8 Å². The molecule has 0 aliphatic carbocycles. The molecule has 6 heteroatoms. The summed E-state index contributed by atoms with van der Waals surface area (Å²) in [6.45, 7) is 7.60. The van der Waals surface area contributed by atoms with E-state index >= 15 is 0 Å². The molecule has 0 fully saturated rings. The Balaban J connectivity index is 1.93. The topological polar surface area (TPSA) is 66.7 Å². The maximum absolute atomic E-state index is 13.2. The molecule has 0 unspecified atom stereocenters. The summed E-state index contributed by atoms with van der Waals surface area (Å²) in [6, 6.07) is 15.3. The van der Waals surface area contributed by atoms with Crippen molar-refractivity contribution in [2.24, 2.45) is 5.92 Å². The lowest BCUT2D eigenvalue weighted by Crippen LogP contribution is -2.32. The maximum Gasteiger partial charge on any atom is 0.290 e. The number of nitrogens with zero attached hydrogens (tertiary/aromatic N) is 3. The van der Waals surface area contributed by atoms with Crippen LogP contribution in [-0.2, 0) is 6.54 Å². The summed E-state index contributed by atoms with van der Waals surface area (Å²) >= 11 is 0. The molecule has 0 radical (unpaired) electrons. The highest BCUT2D eigenvalue weighted by Gasteiger charge is 2.24. The van der Waals surface area contributed by atoms with Crippen LogP contribution in [0.3, 0.4) is 0 Å². The number of aromatic nitrogens is 2. The number of hydrogen-bond donors (Lipinski definition) is 1. The van der Waals surface area contributed by atoms with Crippen LogP contribution in [0.5, 0.6) is 0 Å². The van der Waals surface area contributed by atoms with Crippen LogP contribution in [0.4, 0.5) is 0 Å². The number of benzene rings is 1. The molecule has 0 bridgehead atoms. The first kappa shape index (κ1) is 19.6. The van der Waals surface area contributed by atoms with E-state index in [-0.39, 0.29) is 23.3 Å². The smallest absolute Gasteiger partial charge is 0.290 e. The SMILES string of the molecule is CCN(Cc1ccccc1)C(=O)c1nc(C(=O)NCC(C)C)c2ccccn12. The molecule has 2 heterocycles. The molecule has 0 saturated carbocycles. The number of amides is 2.